The molecule has 2 unspecified atom stereocenters. The van der Waals surface area contributed by atoms with Gasteiger partial charge in [-0.3, -0.25) is 4.99 Å². The number of pyridine rings is 1. The van der Waals surface area contributed by atoms with E-state index in [9.17, 15) is 4.79 Å². The molecule has 234 valence electrons. The van der Waals surface area contributed by atoms with Crippen LogP contribution < -0.4 is 26.6 Å². The van der Waals surface area contributed by atoms with Gasteiger partial charge in [-0.2, -0.15) is 0 Å². The summed E-state index contributed by atoms with van der Waals surface area (Å²) in [5.41, 5.74) is 12.6. The lowest BCUT2D eigenvalue weighted by Gasteiger charge is -2.43. The third-order valence-electron chi connectivity index (χ3n) is 8.79. The molecule has 9 nitrogen and oxygen atoms in total. The molecule has 2 atom stereocenters. The number of ether oxygens (including phenoxy) is 1. The summed E-state index contributed by atoms with van der Waals surface area (Å²) >= 11 is 5.05. The molecule has 7 rings (SSSR count). The molecule has 1 saturated carbocycles. The number of carbonyl (C=O) groups is 1. The number of fused-ring (bicyclic) bond motifs is 5. The molecule has 1 aliphatic carbocycles. The van der Waals surface area contributed by atoms with Gasteiger partial charge in [-0.1, -0.05) is 54.6 Å². The van der Waals surface area contributed by atoms with Crippen molar-refractivity contribution in [3.8, 4) is 0 Å². The van der Waals surface area contributed by atoms with Gasteiger partial charge in [0, 0.05) is 23.1 Å². The Kier molecular flexibility index (Phi) is 7.39. The van der Waals surface area contributed by atoms with Crippen molar-refractivity contribution in [1.82, 2.24) is 10.3 Å². The van der Waals surface area contributed by atoms with E-state index in [0.717, 1.165) is 70.1 Å². The molecule has 2 aliphatic heterocycles. The number of alkyl carbamates (subject to hydrolysis) is 1. The zero-order chi connectivity index (χ0) is 32.1. The van der Waals surface area contributed by atoms with E-state index in [2.05, 4.69) is 75.4 Å². The molecule has 0 bridgehead atoms. The number of hydrogen-bond acceptors (Lipinski definition) is 7. The predicted molar refractivity (Wildman–Crippen MR) is 187 cm³/mol. The molecule has 0 saturated heterocycles. The van der Waals surface area contributed by atoms with Gasteiger partial charge >= 0.3 is 6.09 Å². The van der Waals surface area contributed by atoms with E-state index < -0.39 is 17.2 Å². The van der Waals surface area contributed by atoms with Crippen LogP contribution in [0.3, 0.4) is 0 Å². The molecular weight excluding hydrogens is 595 g/mol. The first-order valence-electron chi connectivity index (χ1n) is 15.6. The van der Waals surface area contributed by atoms with E-state index in [4.69, 9.17) is 32.7 Å². The van der Waals surface area contributed by atoms with Gasteiger partial charge in [-0.25, -0.2) is 9.78 Å². The molecule has 0 radical (unpaired) electrons. The van der Waals surface area contributed by atoms with Crippen LogP contribution in [-0.2, 0) is 10.3 Å². The van der Waals surface area contributed by atoms with Crippen LogP contribution in [0.25, 0.3) is 0 Å². The van der Waals surface area contributed by atoms with Crippen molar-refractivity contribution in [2.75, 3.05) is 15.5 Å². The summed E-state index contributed by atoms with van der Waals surface area (Å²) in [7, 11) is 0. The first kappa shape index (κ1) is 29.7. The zero-order valence-corrected chi connectivity index (χ0v) is 26.9. The van der Waals surface area contributed by atoms with Crippen molar-refractivity contribution in [1.29, 1.82) is 0 Å². The number of rotatable bonds is 5. The van der Waals surface area contributed by atoms with Crippen LogP contribution in [0.1, 0.15) is 74.5 Å². The highest BCUT2D eigenvalue weighted by Gasteiger charge is 2.44. The SMILES string of the molecule is CC(C)(C)OC(=O)NC1(c2ccc(C3C(c4ccc(NC(N)=S)cc4)=NC4c5ccccc5Nc5ncccc5N43)cc2)CCC1. The monoisotopic (exact) mass is 631 g/mol. The van der Waals surface area contributed by atoms with Gasteiger partial charge < -0.3 is 31.3 Å². The Hall–Kier alpha value is -4.96. The van der Waals surface area contributed by atoms with Gasteiger partial charge in [-0.15, -0.1) is 0 Å². The van der Waals surface area contributed by atoms with Gasteiger partial charge in [-0.05, 0) is 99.3 Å². The van der Waals surface area contributed by atoms with Gasteiger partial charge in [0.25, 0.3) is 0 Å². The van der Waals surface area contributed by atoms with Crippen LogP contribution >= 0.6 is 12.2 Å². The second-order valence-electron chi connectivity index (χ2n) is 13.0. The lowest BCUT2D eigenvalue weighted by atomic mass is 9.71. The Bertz CT molecular complexity index is 1830. The average Bonchev–Trinajstić information content (AvgIpc) is 3.33. The van der Waals surface area contributed by atoms with Crippen LogP contribution in [0.5, 0.6) is 0 Å². The van der Waals surface area contributed by atoms with Gasteiger partial charge in [0.05, 0.1) is 23.0 Å². The fraction of sp³-hybridized carbons (Fsp3) is 0.278. The van der Waals surface area contributed by atoms with Gasteiger partial charge in [0.2, 0.25) is 0 Å². The number of para-hydroxylation sites is 1. The first-order chi connectivity index (χ1) is 22.1. The Morgan fingerprint density at radius 1 is 1.02 bits per heavy atom. The van der Waals surface area contributed by atoms with Gasteiger partial charge in [0.15, 0.2) is 17.1 Å². The quantitative estimate of drug-likeness (QED) is 0.168. The summed E-state index contributed by atoms with van der Waals surface area (Å²) in [4.78, 5) is 25.3. The molecule has 10 heteroatoms. The molecule has 3 heterocycles. The molecule has 3 aromatic carbocycles. The molecule has 0 spiro atoms. The number of aromatic nitrogens is 1. The summed E-state index contributed by atoms with van der Waals surface area (Å²) in [6.45, 7) is 5.64. The van der Waals surface area contributed by atoms with Gasteiger partial charge in [0.1, 0.15) is 5.60 Å². The van der Waals surface area contributed by atoms with Crippen molar-refractivity contribution in [3.63, 3.8) is 0 Å². The molecule has 1 amide bonds. The number of carbonyl (C=O) groups excluding carboxylic acids is 1. The first-order valence-corrected chi connectivity index (χ1v) is 16.0. The van der Waals surface area contributed by atoms with E-state index in [1.165, 1.54) is 0 Å². The topological polar surface area (TPSA) is 117 Å². The third kappa shape index (κ3) is 5.53. The lowest BCUT2D eigenvalue weighted by Crippen LogP contribution is -2.52. The van der Waals surface area contributed by atoms with Crippen LogP contribution in [-0.4, -0.2) is 27.5 Å². The van der Waals surface area contributed by atoms with Crippen LogP contribution in [0, 0.1) is 0 Å². The fourth-order valence-corrected chi connectivity index (χ4v) is 6.73. The number of nitrogens with one attached hydrogen (secondary N) is 3. The maximum atomic E-state index is 12.8. The Labute approximate surface area is 274 Å². The summed E-state index contributed by atoms with van der Waals surface area (Å²) in [5.74, 6) is 0.779. The smallest absolute Gasteiger partial charge is 0.408 e. The number of amides is 1. The van der Waals surface area contributed by atoms with Crippen molar-refractivity contribution in [2.45, 2.75) is 63.4 Å². The minimum absolute atomic E-state index is 0.218. The molecule has 46 heavy (non-hydrogen) atoms. The average molecular weight is 632 g/mol. The fourth-order valence-electron chi connectivity index (χ4n) is 6.61. The minimum Gasteiger partial charge on any atom is -0.444 e. The van der Waals surface area contributed by atoms with E-state index in [1.54, 1.807) is 6.20 Å². The standard InChI is InChI=1S/C36H37N7O2S/c1-35(2,3)45-34(44)42-36(19-7-20-36)24-15-11-23(12-16-24)30-29(22-13-17-25(18-14-22)39-33(37)46)41-32-26-8-4-5-9-27(26)40-31-28(43(30)32)10-6-21-38-31/h4-6,8-18,21,30,32H,7,19-20H2,1-3H3,(H,38,40)(H,42,44)(H3,37,39,46). The highest BCUT2D eigenvalue weighted by molar-refractivity contribution is 7.80. The van der Waals surface area contributed by atoms with Crippen LogP contribution in [0.2, 0.25) is 0 Å². The minimum atomic E-state index is -0.566. The summed E-state index contributed by atoms with van der Waals surface area (Å²) in [6, 6.07) is 28.7. The van der Waals surface area contributed by atoms with E-state index in [0.29, 0.717) is 0 Å². The number of nitrogens with zero attached hydrogens (tertiary/aromatic N) is 3. The Morgan fingerprint density at radius 2 is 1.76 bits per heavy atom. The van der Waals surface area contributed by atoms with E-state index in [-0.39, 0.29) is 17.3 Å². The largest absolute Gasteiger partial charge is 0.444 e. The molecule has 1 aromatic heterocycles. The Balaban J connectivity index is 1.31. The number of anilines is 4. The number of thiocarbonyl (C=S) groups is 1. The molecule has 4 aromatic rings. The summed E-state index contributed by atoms with van der Waals surface area (Å²) in [5, 5.41) is 9.97. The molecular formula is C36H37N7O2S. The second-order valence-corrected chi connectivity index (χ2v) is 13.5. The predicted octanol–water partition coefficient (Wildman–Crippen LogP) is 7.45. The highest BCUT2D eigenvalue weighted by atomic mass is 32.1. The lowest BCUT2D eigenvalue weighted by molar-refractivity contribution is 0.0377. The van der Waals surface area contributed by atoms with Crippen molar-refractivity contribution < 1.29 is 9.53 Å². The maximum absolute atomic E-state index is 12.8. The molecule has 3 aliphatic rings. The number of hydrogen-bond donors (Lipinski definition) is 4. The number of aliphatic imine (C=N–C) groups is 1. The Morgan fingerprint density at radius 3 is 2.43 bits per heavy atom. The highest BCUT2D eigenvalue weighted by Crippen LogP contribution is 2.50. The van der Waals surface area contributed by atoms with Crippen LogP contribution in [0.15, 0.2) is 96.1 Å². The van der Waals surface area contributed by atoms with Crippen molar-refractivity contribution in [3.05, 3.63) is 113 Å². The van der Waals surface area contributed by atoms with Crippen molar-refractivity contribution >= 4 is 52.0 Å². The number of nitrogens with two attached hydrogens (primary N) is 1. The third-order valence-corrected chi connectivity index (χ3v) is 8.90. The van der Waals surface area contributed by atoms with E-state index >= 15 is 0 Å². The second kappa shape index (κ2) is 11.4. The van der Waals surface area contributed by atoms with Crippen molar-refractivity contribution in [2.24, 2.45) is 10.7 Å². The number of benzene rings is 3. The normalized spacial score (nSPS) is 19.2. The maximum Gasteiger partial charge on any atom is 0.408 e. The molecule has 5 N–H and O–H groups in total. The zero-order valence-electron chi connectivity index (χ0n) is 26.1. The van der Waals surface area contributed by atoms with Crippen LogP contribution in [0.4, 0.5) is 27.7 Å². The molecule has 1 fully saturated rings. The summed E-state index contributed by atoms with van der Waals surface area (Å²) in [6.07, 6.45) is 3.91. The summed E-state index contributed by atoms with van der Waals surface area (Å²) < 4.78 is 5.62. The van der Waals surface area contributed by atoms with E-state index in [1.807, 2.05) is 51.1 Å².